The van der Waals surface area contributed by atoms with Gasteiger partial charge in [0.25, 0.3) is 0 Å². The molecule has 0 aliphatic carbocycles. The van der Waals surface area contributed by atoms with E-state index in [1.54, 1.807) is 21.6 Å². The van der Waals surface area contributed by atoms with Crippen LogP contribution in [0.5, 0.6) is 0 Å². The molecule has 6 heteroatoms. The van der Waals surface area contributed by atoms with E-state index in [9.17, 15) is 4.79 Å². The lowest BCUT2D eigenvalue weighted by molar-refractivity contribution is -0.146. The Labute approximate surface area is 79.4 Å². The van der Waals surface area contributed by atoms with Gasteiger partial charge in [-0.15, -0.1) is 0 Å². The average molecular weight is 208 g/mol. The van der Waals surface area contributed by atoms with E-state index >= 15 is 0 Å². The van der Waals surface area contributed by atoms with Crippen molar-refractivity contribution in [2.45, 2.75) is 5.54 Å². The molecule has 1 heterocycles. The van der Waals surface area contributed by atoms with E-state index in [4.69, 9.17) is 10.5 Å². The SMILES string of the molecule is COC(=O)C1(NCN)CSSC1. The summed E-state index contributed by atoms with van der Waals surface area (Å²) in [6.07, 6.45) is 0. The maximum absolute atomic E-state index is 11.4. The second-order valence-corrected chi connectivity index (χ2v) is 4.94. The molecule has 0 aromatic rings. The summed E-state index contributed by atoms with van der Waals surface area (Å²) in [6.45, 7) is 0.302. The monoisotopic (exact) mass is 208 g/mol. The highest BCUT2D eigenvalue weighted by Crippen LogP contribution is 2.37. The van der Waals surface area contributed by atoms with E-state index in [0.717, 1.165) is 11.5 Å². The maximum Gasteiger partial charge on any atom is 0.327 e. The van der Waals surface area contributed by atoms with Crippen molar-refractivity contribution >= 4 is 27.6 Å². The van der Waals surface area contributed by atoms with Crippen LogP contribution in [0.2, 0.25) is 0 Å². The predicted octanol–water partition coefficient (Wildman–Crippen LogP) is -0.201. The van der Waals surface area contributed by atoms with Crippen LogP contribution in [0.1, 0.15) is 0 Å². The van der Waals surface area contributed by atoms with Gasteiger partial charge in [-0.1, -0.05) is 21.6 Å². The van der Waals surface area contributed by atoms with Gasteiger partial charge in [0.1, 0.15) is 5.54 Å². The van der Waals surface area contributed by atoms with Crippen molar-refractivity contribution in [1.82, 2.24) is 5.32 Å². The zero-order chi connectivity index (χ0) is 9.03. The highest BCUT2D eigenvalue weighted by molar-refractivity contribution is 8.77. The van der Waals surface area contributed by atoms with Gasteiger partial charge in [-0.2, -0.15) is 0 Å². The van der Waals surface area contributed by atoms with E-state index in [1.165, 1.54) is 7.11 Å². The molecular weight excluding hydrogens is 196 g/mol. The second kappa shape index (κ2) is 4.36. The van der Waals surface area contributed by atoms with Crippen LogP contribution in [0.15, 0.2) is 0 Å². The number of rotatable bonds is 3. The first-order valence-electron chi connectivity index (χ1n) is 3.53. The number of esters is 1. The van der Waals surface area contributed by atoms with Gasteiger partial charge in [0.2, 0.25) is 0 Å². The minimum Gasteiger partial charge on any atom is -0.468 e. The van der Waals surface area contributed by atoms with Crippen LogP contribution in [0.3, 0.4) is 0 Å². The van der Waals surface area contributed by atoms with Gasteiger partial charge in [0.05, 0.1) is 7.11 Å². The van der Waals surface area contributed by atoms with Crippen molar-refractivity contribution in [3.63, 3.8) is 0 Å². The van der Waals surface area contributed by atoms with Crippen molar-refractivity contribution in [2.75, 3.05) is 25.3 Å². The number of carbonyl (C=O) groups is 1. The first-order valence-corrected chi connectivity index (χ1v) is 6.02. The molecule has 0 saturated carbocycles. The molecule has 12 heavy (non-hydrogen) atoms. The number of hydrogen-bond donors (Lipinski definition) is 2. The normalized spacial score (nSPS) is 20.8. The third-order valence-corrected chi connectivity index (χ3v) is 4.31. The van der Waals surface area contributed by atoms with E-state index < -0.39 is 5.54 Å². The van der Waals surface area contributed by atoms with E-state index in [0.29, 0.717) is 6.67 Å². The fourth-order valence-electron chi connectivity index (χ4n) is 1.01. The van der Waals surface area contributed by atoms with Crippen molar-refractivity contribution in [3.05, 3.63) is 0 Å². The Morgan fingerprint density at radius 2 is 2.25 bits per heavy atom. The van der Waals surface area contributed by atoms with Gasteiger partial charge < -0.3 is 10.5 Å². The molecule has 0 spiro atoms. The molecule has 1 aliphatic heterocycles. The van der Waals surface area contributed by atoms with Crippen molar-refractivity contribution < 1.29 is 9.53 Å². The standard InChI is InChI=1S/C6H12N2O2S2/c1-10-5(9)6(8-4-7)2-11-12-3-6/h8H,2-4,7H2,1H3. The van der Waals surface area contributed by atoms with Crippen molar-refractivity contribution in [1.29, 1.82) is 0 Å². The summed E-state index contributed by atoms with van der Waals surface area (Å²) in [5.41, 5.74) is 4.79. The van der Waals surface area contributed by atoms with Crippen LogP contribution in [0, 0.1) is 0 Å². The topological polar surface area (TPSA) is 64.3 Å². The molecule has 0 aromatic heterocycles. The average Bonchev–Trinajstić information content (AvgIpc) is 2.53. The number of nitrogens with two attached hydrogens (primary N) is 1. The zero-order valence-electron chi connectivity index (χ0n) is 6.83. The minimum atomic E-state index is -0.557. The third-order valence-electron chi connectivity index (χ3n) is 1.71. The van der Waals surface area contributed by atoms with Gasteiger partial charge in [-0.3, -0.25) is 5.32 Å². The van der Waals surface area contributed by atoms with Gasteiger partial charge in [-0.25, -0.2) is 4.79 Å². The summed E-state index contributed by atoms with van der Waals surface area (Å²) in [6, 6.07) is 0. The highest BCUT2D eigenvalue weighted by Gasteiger charge is 2.42. The molecule has 0 aromatic carbocycles. The minimum absolute atomic E-state index is 0.217. The lowest BCUT2D eigenvalue weighted by Gasteiger charge is -2.24. The quantitative estimate of drug-likeness (QED) is 0.380. The Morgan fingerprint density at radius 3 is 2.67 bits per heavy atom. The van der Waals surface area contributed by atoms with Crippen molar-refractivity contribution in [3.8, 4) is 0 Å². The van der Waals surface area contributed by atoms with E-state index in [-0.39, 0.29) is 5.97 Å². The summed E-state index contributed by atoms with van der Waals surface area (Å²) in [7, 11) is 4.72. The Hall–Kier alpha value is 0.0900. The predicted molar refractivity (Wildman–Crippen MR) is 51.9 cm³/mol. The first kappa shape index (κ1) is 10.2. The Morgan fingerprint density at radius 1 is 1.67 bits per heavy atom. The van der Waals surface area contributed by atoms with Gasteiger partial charge >= 0.3 is 5.97 Å². The van der Waals surface area contributed by atoms with Crippen molar-refractivity contribution in [2.24, 2.45) is 5.73 Å². The molecule has 0 radical (unpaired) electrons. The fourth-order valence-corrected chi connectivity index (χ4v) is 4.06. The fraction of sp³-hybridized carbons (Fsp3) is 0.833. The number of methoxy groups -OCH3 is 1. The lowest BCUT2D eigenvalue weighted by atomic mass is 10.1. The van der Waals surface area contributed by atoms with Crippen LogP contribution >= 0.6 is 21.6 Å². The van der Waals surface area contributed by atoms with E-state index in [1.807, 2.05) is 0 Å². The zero-order valence-corrected chi connectivity index (χ0v) is 8.46. The van der Waals surface area contributed by atoms with Crippen LogP contribution < -0.4 is 11.1 Å². The molecular formula is C6H12N2O2S2. The molecule has 1 fully saturated rings. The summed E-state index contributed by atoms with van der Waals surface area (Å²) in [5.74, 6) is 1.23. The molecule has 0 atom stereocenters. The molecule has 70 valence electrons. The smallest absolute Gasteiger partial charge is 0.327 e. The molecule has 1 saturated heterocycles. The summed E-state index contributed by atoms with van der Waals surface area (Å²) >= 11 is 0. The van der Waals surface area contributed by atoms with Gasteiger partial charge in [0.15, 0.2) is 0 Å². The second-order valence-electron chi connectivity index (χ2n) is 2.48. The Bertz CT molecular complexity index is 171. The molecule has 4 nitrogen and oxygen atoms in total. The molecule has 1 rings (SSSR count). The first-order chi connectivity index (χ1) is 5.75. The molecule has 0 unspecified atom stereocenters. The number of ether oxygens (including phenoxy) is 1. The molecule has 0 amide bonds. The van der Waals surface area contributed by atoms with E-state index in [2.05, 4.69) is 5.32 Å². The number of nitrogens with one attached hydrogen (secondary N) is 1. The molecule has 1 aliphatic rings. The summed E-state index contributed by atoms with van der Waals surface area (Å²) < 4.78 is 4.71. The lowest BCUT2D eigenvalue weighted by Crippen LogP contribution is -2.56. The van der Waals surface area contributed by atoms with Crippen LogP contribution in [0.25, 0.3) is 0 Å². The number of hydrogen-bond acceptors (Lipinski definition) is 6. The molecule has 0 bridgehead atoms. The maximum atomic E-state index is 11.4. The van der Waals surface area contributed by atoms with Crippen LogP contribution in [-0.2, 0) is 9.53 Å². The summed E-state index contributed by atoms with van der Waals surface area (Å²) in [4.78, 5) is 11.4. The van der Waals surface area contributed by atoms with Gasteiger partial charge in [0, 0.05) is 18.2 Å². The Kier molecular flexibility index (Phi) is 3.70. The number of carbonyl (C=O) groups excluding carboxylic acids is 1. The van der Waals surface area contributed by atoms with Crippen LogP contribution in [-0.4, -0.2) is 36.8 Å². The third kappa shape index (κ3) is 1.87. The highest BCUT2D eigenvalue weighted by atomic mass is 33.1. The largest absolute Gasteiger partial charge is 0.468 e. The molecule has 3 N–H and O–H groups in total. The Balaban J connectivity index is 2.64. The van der Waals surface area contributed by atoms with Crippen LogP contribution in [0.4, 0.5) is 0 Å². The van der Waals surface area contributed by atoms with Gasteiger partial charge in [-0.05, 0) is 0 Å². The summed E-state index contributed by atoms with van der Waals surface area (Å²) in [5, 5.41) is 2.97.